The number of hydrogen-bond acceptors (Lipinski definition) is 0. The fourth-order valence-electron chi connectivity index (χ4n) is 1.85. The summed E-state index contributed by atoms with van der Waals surface area (Å²) in [6.07, 6.45) is 9.45. The van der Waals surface area contributed by atoms with Crippen molar-refractivity contribution >= 4 is 0 Å². The summed E-state index contributed by atoms with van der Waals surface area (Å²) in [6.45, 7) is 13.6. The lowest BCUT2D eigenvalue weighted by Gasteiger charge is -2.28. The Morgan fingerprint density at radius 3 is 0.857 bits per heavy atom. The molecule has 0 bridgehead atoms. The molecule has 0 aliphatic heterocycles. The zero-order valence-corrected chi connectivity index (χ0v) is 11.4. The molecule has 0 heterocycles. The molecule has 0 radical (unpaired) electrons. The topological polar surface area (TPSA) is 0 Å². The van der Waals surface area contributed by atoms with Crippen molar-refractivity contribution in [3.8, 4) is 0 Å². The molecule has 14 heavy (non-hydrogen) atoms. The van der Waals surface area contributed by atoms with E-state index in [2.05, 4.69) is 41.5 Å². The first-order valence-electron chi connectivity index (χ1n) is 6.66. The second-order valence-corrected chi connectivity index (χ2v) is 4.27. The maximum absolute atomic E-state index is 2.30. The Morgan fingerprint density at radius 1 is 0.571 bits per heavy atom. The molecule has 0 rings (SSSR count). The summed E-state index contributed by atoms with van der Waals surface area (Å²) in [6, 6.07) is 0. The average molecular weight is 200 g/mol. The maximum atomic E-state index is 2.30. The quantitative estimate of drug-likeness (QED) is 0.507. The van der Waals surface area contributed by atoms with Gasteiger partial charge in [0.15, 0.2) is 0 Å². The largest absolute Gasteiger partial charge is 0.0654 e. The summed E-state index contributed by atoms with van der Waals surface area (Å²) in [7, 11) is 0. The average Bonchev–Trinajstić information content (AvgIpc) is 2.24. The minimum absolute atomic E-state index is 0.667. The molecule has 0 N–H and O–H groups in total. The molecule has 88 valence electrons. The van der Waals surface area contributed by atoms with Gasteiger partial charge in [-0.25, -0.2) is 0 Å². The van der Waals surface area contributed by atoms with E-state index in [4.69, 9.17) is 0 Å². The van der Waals surface area contributed by atoms with Gasteiger partial charge in [0.1, 0.15) is 0 Å². The standard InChI is InChI=1S/C9H20.C5H12/c1-5-9(6-2,7-3)8-4;1-3-5-4-2/h5-8H2,1-4H3;3-5H2,1-2H3. The first-order chi connectivity index (χ1) is 6.66. The fourth-order valence-corrected chi connectivity index (χ4v) is 1.85. The lowest BCUT2D eigenvalue weighted by atomic mass is 9.78. The van der Waals surface area contributed by atoms with Gasteiger partial charge in [-0.3, -0.25) is 0 Å². The van der Waals surface area contributed by atoms with E-state index in [0.717, 1.165) is 0 Å². The molecular formula is C14H32. The van der Waals surface area contributed by atoms with Crippen LogP contribution in [0.5, 0.6) is 0 Å². The summed E-state index contributed by atoms with van der Waals surface area (Å²) in [5.74, 6) is 0. The third-order valence-electron chi connectivity index (χ3n) is 3.71. The second kappa shape index (κ2) is 11.1. The molecular weight excluding hydrogens is 168 g/mol. The van der Waals surface area contributed by atoms with Crippen molar-refractivity contribution in [3.05, 3.63) is 0 Å². The van der Waals surface area contributed by atoms with Gasteiger partial charge in [-0.15, -0.1) is 0 Å². The molecule has 0 aliphatic carbocycles. The number of unbranched alkanes of at least 4 members (excludes halogenated alkanes) is 2. The fraction of sp³-hybridized carbons (Fsp3) is 1.00. The molecule has 0 nitrogen and oxygen atoms in total. The van der Waals surface area contributed by atoms with Crippen LogP contribution in [0.4, 0.5) is 0 Å². The van der Waals surface area contributed by atoms with Crippen LogP contribution in [0.3, 0.4) is 0 Å². The van der Waals surface area contributed by atoms with Crippen molar-refractivity contribution < 1.29 is 0 Å². The van der Waals surface area contributed by atoms with Gasteiger partial charge < -0.3 is 0 Å². The Balaban J connectivity index is 0. The summed E-state index contributed by atoms with van der Waals surface area (Å²) in [5, 5.41) is 0. The van der Waals surface area contributed by atoms with Crippen LogP contribution in [0.2, 0.25) is 0 Å². The van der Waals surface area contributed by atoms with Gasteiger partial charge in [0.05, 0.1) is 0 Å². The van der Waals surface area contributed by atoms with Crippen molar-refractivity contribution in [2.45, 2.75) is 86.5 Å². The van der Waals surface area contributed by atoms with E-state index in [0.29, 0.717) is 5.41 Å². The number of hydrogen-bond donors (Lipinski definition) is 0. The Bertz CT molecular complexity index is 70.7. The highest BCUT2D eigenvalue weighted by Gasteiger charge is 2.20. The van der Waals surface area contributed by atoms with Crippen LogP contribution in [-0.4, -0.2) is 0 Å². The van der Waals surface area contributed by atoms with Gasteiger partial charge in [-0.05, 0) is 5.41 Å². The molecule has 0 unspecified atom stereocenters. The van der Waals surface area contributed by atoms with Crippen LogP contribution in [-0.2, 0) is 0 Å². The highest BCUT2D eigenvalue weighted by Crippen LogP contribution is 2.33. The van der Waals surface area contributed by atoms with Crippen LogP contribution in [0, 0.1) is 5.41 Å². The third kappa shape index (κ3) is 7.41. The molecule has 0 amide bonds. The minimum Gasteiger partial charge on any atom is -0.0654 e. The highest BCUT2D eigenvalue weighted by atomic mass is 14.3. The van der Waals surface area contributed by atoms with E-state index in [1.54, 1.807) is 0 Å². The van der Waals surface area contributed by atoms with Crippen LogP contribution >= 0.6 is 0 Å². The van der Waals surface area contributed by atoms with Gasteiger partial charge in [-0.1, -0.05) is 86.5 Å². The normalized spacial score (nSPS) is 10.7. The van der Waals surface area contributed by atoms with Gasteiger partial charge in [0.2, 0.25) is 0 Å². The highest BCUT2D eigenvalue weighted by molar-refractivity contribution is 4.72. The van der Waals surface area contributed by atoms with Crippen LogP contribution in [0.25, 0.3) is 0 Å². The van der Waals surface area contributed by atoms with E-state index >= 15 is 0 Å². The molecule has 0 fully saturated rings. The third-order valence-corrected chi connectivity index (χ3v) is 3.71. The van der Waals surface area contributed by atoms with Gasteiger partial charge in [0.25, 0.3) is 0 Å². The van der Waals surface area contributed by atoms with E-state index in [1.165, 1.54) is 44.9 Å². The SMILES string of the molecule is CCC(CC)(CC)CC.CCCCC. The molecule has 0 saturated carbocycles. The minimum atomic E-state index is 0.667. The summed E-state index contributed by atoms with van der Waals surface area (Å²) in [5.41, 5.74) is 0.667. The van der Waals surface area contributed by atoms with Crippen molar-refractivity contribution in [1.29, 1.82) is 0 Å². The second-order valence-electron chi connectivity index (χ2n) is 4.27. The van der Waals surface area contributed by atoms with Crippen molar-refractivity contribution in [1.82, 2.24) is 0 Å². The molecule has 0 heteroatoms. The van der Waals surface area contributed by atoms with Gasteiger partial charge >= 0.3 is 0 Å². The zero-order valence-electron chi connectivity index (χ0n) is 11.4. The van der Waals surface area contributed by atoms with E-state index in [1.807, 2.05) is 0 Å². The Hall–Kier alpha value is 0. The van der Waals surface area contributed by atoms with E-state index in [-0.39, 0.29) is 0 Å². The molecule has 0 spiro atoms. The summed E-state index contributed by atoms with van der Waals surface area (Å²) >= 11 is 0. The van der Waals surface area contributed by atoms with Crippen molar-refractivity contribution in [2.24, 2.45) is 5.41 Å². The molecule has 0 aromatic heterocycles. The van der Waals surface area contributed by atoms with E-state index in [9.17, 15) is 0 Å². The predicted molar refractivity (Wildman–Crippen MR) is 68.8 cm³/mol. The number of rotatable bonds is 6. The Kier molecular flexibility index (Phi) is 13.0. The molecule has 0 atom stereocenters. The molecule has 0 aliphatic rings. The Morgan fingerprint density at radius 2 is 0.857 bits per heavy atom. The van der Waals surface area contributed by atoms with Crippen LogP contribution in [0.15, 0.2) is 0 Å². The first-order valence-corrected chi connectivity index (χ1v) is 6.66. The first kappa shape index (κ1) is 16.4. The van der Waals surface area contributed by atoms with Crippen molar-refractivity contribution in [2.75, 3.05) is 0 Å². The molecule has 0 aromatic carbocycles. The monoisotopic (exact) mass is 200 g/mol. The van der Waals surface area contributed by atoms with Crippen molar-refractivity contribution in [3.63, 3.8) is 0 Å². The van der Waals surface area contributed by atoms with Gasteiger partial charge in [-0.2, -0.15) is 0 Å². The molecule has 0 saturated heterocycles. The lowest BCUT2D eigenvalue weighted by Crippen LogP contribution is -2.15. The van der Waals surface area contributed by atoms with Gasteiger partial charge in [0, 0.05) is 0 Å². The smallest absolute Gasteiger partial charge is 0.0308 e. The Labute approximate surface area is 92.5 Å². The van der Waals surface area contributed by atoms with E-state index < -0.39 is 0 Å². The lowest BCUT2D eigenvalue weighted by molar-refractivity contribution is 0.240. The summed E-state index contributed by atoms with van der Waals surface area (Å²) in [4.78, 5) is 0. The molecule has 0 aromatic rings. The van der Waals surface area contributed by atoms with Crippen LogP contribution in [0.1, 0.15) is 86.5 Å². The zero-order chi connectivity index (χ0) is 11.4. The van der Waals surface area contributed by atoms with Crippen LogP contribution < -0.4 is 0 Å². The predicted octanol–water partition coefficient (Wildman–Crippen LogP) is 5.81. The maximum Gasteiger partial charge on any atom is -0.0308 e. The summed E-state index contributed by atoms with van der Waals surface area (Å²) < 4.78 is 0.